The first-order chi connectivity index (χ1) is 10.7. The maximum atomic E-state index is 12.2. The summed E-state index contributed by atoms with van der Waals surface area (Å²) in [4.78, 5) is 34.7. The molecular formula is C17H16N3O3Rf-. The molecule has 7 heteroatoms. The largest absolute Gasteiger partial charge is 0.464 e. The van der Waals surface area contributed by atoms with Crippen molar-refractivity contribution in [2.45, 2.75) is 6.42 Å². The summed E-state index contributed by atoms with van der Waals surface area (Å²) in [5, 5.41) is 0.761. The minimum absolute atomic E-state index is 0. The molecule has 0 radical (unpaired) electrons. The molecule has 0 saturated heterocycles. The Morgan fingerprint density at radius 2 is 2.04 bits per heavy atom. The third kappa shape index (κ3) is 3.41. The van der Waals surface area contributed by atoms with Gasteiger partial charge in [0.2, 0.25) is 0 Å². The summed E-state index contributed by atoms with van der Waals surface area (Å²) >= 11 is 0. The van der Waals surface area contributed by atoms with Crippen LogP contribution in [0.4, 0.5) is 0 Å². The predicted octanol–water partition coefficient (Wildman–Crippen LogP) is 2.62. The molecule has 0 aromatic carbocycles. The summed E-state index contributed by atoms with van der Waals surface area (Å²) in [6.07, 6.45) is 5.01. The molecular weight excluding hydrogens is 561 g/mol. The van der Waals surface area contributed by atoms with Gasteiger partial charge < -0.3 is 17.1 Å². The Kier molecular flexibility index (Phi) is 5.49. The van der Waals surface area contributed by atoms with Crippen molar-refractivity contribution in [1.29, 1.82) is 0 Å². The Morgan fingerprint density at radius 3 is 2.71 bits per heavy atom. The normalized spacial score (nSPS) is 9.71. The van der Waals surface area contributed by atoms with Crippen LogP contribution in [0, 0.1) is 7.43 Å². The van der Waals surface area contributed by atoms with Crippen LogP contribution in [0.3, 0.4) is 0 Å². The van der Waals surface area contributed by atoms with Crippen molar-refractivity contribution in [3.63, 3.8) is 0 Å². The van der Waals surface area contributed by atoms with Gasteiger partial charge in [0, 0.05) is 36.0 Å². The van der Waals surface area contributed by atoms with Gasteiger partial charge in [-0.15, -0.1) is 0 Å². The van der Waals surface area contributed by atoms with Crippen LogP contribution in [-0.4, -0.2) is 33.8 Å². The van der Waals surface area contributed by atoms with E-state index < -0.39 is 5.97 Å². The van der Waals surface area contributed by atoms with E-state index in [2.05, 4.69) is 19.7 Å². The number of aromatic amines is 1. The first-order valence-corrected chi connectivity index (χ1v) is 6.66. The molecule has 0 unspecified atom stereocenters. The number of carbonyl (C=O) groups is 2. The van der Waals surface area contributed by atoms with Crippen LogP contribution in [0.25, 0.3) is 11.0 Å². The molecule has 0 saturated carbocycles. The van der Waals surface area contributed by atoms with E-state index in [1.165, 1.54) is 7.11 Å². The van der Waals surface area contributed by atoms with E-state index >= 15 is 0 Å². The summed E-state index contributed by atoms with van der Waals surface area (Å²) in [5.74, 6) is -0.482. The fraction of sp³-hybridized carbons (Fsp3) is 0.118. The van der Waals surface area contributed by atoms with E-state index in [9.17, 15) is 9.59 Å². The number of hydrogen-bond donors (Lipinski definition) is 1. The van der Waals surface area contributed by atoms with Crippen LogP contribution < -0.4 is 0 Å². The summed E-state index contributed by atoms with van der Waals surface area (Å²) in [7, 11) is 1.32. The van der Waals surface area contributed by atoms with Gasteiger partial charge in [-0.2, -0.15) is 0 Å². The molecule has 6 nitrogen and oxygen atoms in total. The average molecular weight is 577 g/mol. The van der Waals surface area contributed by atoms with Crippen LogP contribution >= 0.6 is 0 Å². The SMILES string of the molecule is COC(=O)c1cc2cc(CC(=O)c3cccnc3)cnc2[nH]1.[CH3-].[Rf]. The Morgan fingerprint density at radius 1 is 1.25 bits per heavy atom. The number of esters is 1. The van der Waals surface area contributed by atoms with E-state index in [0.29, 0.717) is 16.9 Å². The maximum Gasteiger partial charge on any atom is 0.354 e. The first-order valence-electron chi connectivity index (χ1n) is 6.66. The molecule has 3 aromatic rings. The third-order valence-electron chi connectivity index (χ3n) is 3.28. The Bertz CT molecular complexity index is 847. The van der Waals surface area contributed by atoms with Crippen LogP contribution in [0.5, 0.6) is 0 Å². The maximum absolute atomic E-state index is 12.2. The fourth-order valence-electron chi connectivity index (χ4n) is 2.19. The predicted molar refractivity (Wildman–Crippen MR) is 86.1 cm³/mol. The fourth-order valence-corrected chi connectivity index (χ4v) is 2.19. The minimum Gasteiger partial charge on any atom is -0.464 e. The van der Waals surface area contributed by atoms with Crippen molar-refractivity contribution in [3.05, 3.63) is 67.1 Å². The van der Waals surface area contributed by atoms with Crippen LogP contribution in [-0.2, 0) is 11.2 Å². The van der Waals surface area contributed by atoms with E-state index in [0.717, 1.165) is 10.9 Å². The van der Waals surface area contributed by atoms with E-state index in [1.807, 2.05) is 6.07 Å². The van der Waals surface area contributed by atoms with Gasteiger partial charge in [0.15, 0.2) is 5.78 Å². The molecule has 0 amide bonds. The molecule has 3 heterocycles. The zero-order valence-corrected chi connectivity index (χ0v) is 20.0. The van der Waals surface area contributed by atoms with E-state index in [1.54, 1.807) is 36.8 Å². The molecule has 24 heavy (non-hydrogen) atoms. The van der Waals surface area contributed by atoms with Gasteiger partial charge in [-0.05, 0) is 29.8 Å². The average Bonchev–Trinajstić information content (AvgIpc) is 2.98. The number of pyridine rings is 2. The number of nitrogens with one attached hydrogen (secondary N) is 1. The summed E-state index contributed by atoms with van der Waals surface area (Å²) in [6, 6.07) is 6.95. The Balaban J connectivity index is 0.00000144. The number of ketones is 1. The van der Waals surface area contributed by atoms with Gasteiger partial charge in [0.25, 0.3) is 0 Å². The number of hydrogen-bond acceptors (Lipinski definition) is 5. The van der Waals surface area contributed by atoms with Crippen LogP contribution in [0.15, 0.2) is 42.9 Å². The molecule has 3 aromatic heterocycles. The number of carbonyl (C=O) groups excluding carboxylic acids is 2. The molecule has 0 aliphatic rings. The summed E-state index contributed by atoms with van der Waals surface area (Å²) in [6.45, 7) is 0. The van der Waals surface area contributed by atoms with Crippen molar-refractivity contribution < 1.29 is 14.3 Å². The molecule has 120 valence electrons. The van der Waals surface area contributed by atoms with Gasteiger partial charge in [0.05, 0.1) is 7.11 Å². The number of ether oxygens (including phenoxy) is 1. The number of Topliss-reactive ketones (excluding diaryl/α,β-unsaturated/α-hetero) is 1. The van der Waals surface area contributed by atoms with Crippen molar-refractivity contribution in [2.75, 3.05) is 7.11 Å². The van der Waals surface area contributed by atoms with Crippen molar-refractivity contribution in [2.24, 2.45) is 0 Å². The standard InChI is InChI=1S/C16H13N3O3.CH3.Rf/c1-22-16(21)13-7-12-5-10(8-18-15(12)19-13)6-14(20)11-3-2-4-17-9-11;;/h2-5,7-9H,6H2,1H3,(H,18,19);1H3;/q;-1;. The summed E-state index contributed by atoms with van der Waals surface area (Å²) < 4.78 is 4.66. The van der Waals surface area contributed by atoms with Gasteiger partial charge in [-0.25, -0.2) is 9.78 Å². The second-order valence-corrected chi connectivity index (χ2v) is 4.80. The Hall–Kier alpha value is -4.02. The monoisotopic (exact) mass is 577 g/mol. The van der Waals surface area contributed by atoms with Crippen molar-refractivity contribution >= 4 is 22.8 Å². The Labute approximate surface area is 133 Å². The number of aromatic nitrogens is 3. The van der Waals surface area contributed by atoms with Gasteiger partial charge >= 0.3 is 5.97 Å². The number of rotatable bonds is 4. The van der Waals surface area contributed by atoms with E-state index in [4.69, 9.17) is 0 Å². The molecule has 0 aliphatic carbocycles. The molecule has 1 N–H and O–H groups in total. The van der Waals surface area contributed by atoms with Crippen molar-refractivity contribution in [1.82, 2.24) is 15.0 Å². The number of methoxy groups -OCH3 is 1. The van der Waals surface area contributed by atoms with Gasteiger partial charge in [-0.1, -0.05) is 0 Å². The molecule has 0 fully saturated rings. The number of H-pyrrole nitrogens is 1. The topological polar surface area (TPSA) is 84.9 Å². The quantitative estimate of drug-likeness (QED) is 0.293. The van der Waals surface area contributed by atoms with Gasteiger partial charge in [-0.3, -0.25) is 9.78 Å². The number of nitrogens with zero attached hydrogens (tertiary/aromatic N) is 2. The smallest absolute Gasteiger partial charge is 0.354 e. The summed E-state index contributed by atoms with van der Waals surface area (Å²) in [5.41, 5.74) is 2.25. The van der Waals surface area contributed by atoms with Crippen LogP contribution in [0.1, 0.15) is 26.4 Å². The van der Waals surface area contributed by atoms with Gasteiger partial charge in [0.1, 0.15) is 11.3 Å². The molecule has 0 bridgehead atoms. The second kappa shape index (κ2) is 7.31. The van der Waals surface area contributed by atoms with E-state index in [-0.39, 0.29) is 19.6 Å². The zero-order valence-electron chi connectivity index (χ0n) is 13.6. The second-order valence-electron chi connectivity index (χ2n) is 4.80. The van der Waals surface area contributed by atoms with Crippen molar-refractivity contribution in [3.8, 4) is 0 Å². The third-order valence-corrected chi connectivity index (χ3v) is 3.28. The number of fused-ring (bicyclic) bond motifs is 1. The molecule has 0 aliphatic heterocycles. The van der Waals surface area contributed by atoms with Crippen LogP contribution in [0.2, 0.25) is 0 Å². The molecule has 0 spiro atoms. The molecule has 3 rings (SSSR count). The first kappa shape index (κ1) is 18.0. The zero-order chi connectivity index (χ0) is 15.5. The minimum atomic E-state index is -0.453. The molecule has 0 atom stereocenters.